The van der Waals surface area contributed by atoms with E-state index in [-0.39, 0.29) is 29.2 Å². The molecule has 0 heterocycles. The van der Waals surface area contributed by atoms with Crippen molar-refractivity contribution in [2.24, 2.45) is 0 Å². The van der Waals surface area contributed by atoms with Gasteiger partial charge in [0, 0.05) is 5.56 Å². The van der Waals surface area contributed by atoms with E-state index in [2.05, 4.69) is 14.2 Å². The molecule has 0 unspecified atom stereocenters. The molecule has 0 bridgehead atoms. The summed E-state index contributed by atoms with van der Waals surface area (Å²) in [6, 6.07) is 8.15. The van der Waals surface area contributed by atoms with Crippen LogP contribution in [0.25, 0.3) is 0 Å². The minimum absolute atomic E-state index is 0.0386. The van der Waals surface area contributed by atoms with Crippen molar-refractivity contribution in [3.8, 4) is 23.0 Å². The number of hydrogen-bond donors (Lipinski definition) is 1. The number of benzene rings is 2. The second-order valence-electron chi connectivity index (χ2n) is 5.24. The van der Waals surface area contributed by atoms with Gasteiger partial charge in [0.25, 0.3) is 0 Å². The Morgan fingerprint density at radius 2 is 1.37 bits per heavy atom. The summed E-state index contributed by atoms with van der Waals surface area (Å²) in [5.41, 5.74) is 0.159. The molecule has 7 nitrogen and oxygen atoms in total. The summed E-state index contributed by atoms with van der Waals surface area (Å²) in [4.78, 5) is 11.3. The van der Waals surface area contributed by atoms with Crippen molar-refractivity contribution in [2.75, 3.05) is 21.3 Å². The lowest BCUT2D eigenvalue weighted by molar-refractivity contribution is -0.0514. The van der Waals surface area contributed by atoms with Gasteiger partial charge in [0.05, 0.1) is 27.9 Å². The lowest BCUT2D eigenvalue weighted by Crippen LogP contribution is -2.09. The monoisotopic (exact) mass is 436 g/mol. The maximum atomic E-state index is 12.0. The molecule has 0 aromatic heterocycles. The molecule has 2 aromatic carbocycles. The molecular weight excluding hydrogens is 416 g/mol. The standard InChI is InChI=1S/C10H10F2O4.C9H10F2O3/c1-14-6-3-4-8(16-10(11)12)7(5-6)9(13)15-2;1-13-7-2-3-8(14-9(10)11)6(4-7)5-12/h3-5,10H,1-2H3;2-4,9,12H,5H2,1H3. The molecule has 0 aliphatic carbocycles. The predicted octanol–water partition coefficient (Wildman–Crippen LogP) is 3.87. The number of ether oxygens (including phenoxy) is 5. The number of carbonyl (C=O) groups excluding carboxylic acids is 1. The van der Waals surface area contributed by atoms with E-state index in [4.69, 9.17) is 14.6 Å². The average Bonchev–Trinajstić information content (AvgIpc) is 2.73. The number of halogens is 4. The summed E-state index contributed by atoms with van der Waals surface area (Å²) in [6.45, 7) is -6.27. The molecule has 0 fully saturated rings. The van der Waals surface area contributed by atoms with E-state index in [1.807, 2.05) is 0 Å². The van der Waals surface area contributed by atoms with Gasteiger partial charge in [-0.05, 0) is 36.4 Å². The van der Waals surface area contributed by atoms with E-state index in [9.17, 15) is 22.4 Å². The van der Waals surface area contributed by atoms with Crippen LogP contribution in [0.1, 0.15) is 15.9 Å². The Hall–Kier alpha value is -3.21. The average molecular weight is 436 g/mol. The second kappa shape index (κ2) is 12.4. The van der Waals surface area contributed by atoms with Crippen LogP contribution < -0.4 is 18.9 Å². The van der Waals surface area contributed by atoms with Crippen molar-refractivity contribution in [3.05, 3.63) is 47.5 Å². The highest BCUT2D eigenvalue weighted by molar-refractivity contribution is 5.92. The number of esters is 1. The van der Waals surface area contributed by atoms with Crippen molar-refractivity contribution in [2.45, 2.75) is 19.8 Å². The number of aliphatic hydroxyl groups excluding tert-OH is 1. The summed E-state index contributed by atoms with van der Waals surface area (Å²) < 4.78 is 70.4. The zero-order valence-electron chi connectivity index (χ0n) is 16.2. The lowest BCUT2D eigenvalue weighted by atomic mass is 10.2. The first-order chi connectivity index (χ1) is 14.2. The minimum Gasteiger partial charge on any atom is -0.497 e. The molecule has 2 aromatic rings. The highest BCUT2D eigenvalue weighted by Gasteiger charge is 2.17. The second-order valence-corrected chi connectivity index (χ2v) is 5.24. The van der Waals surface area contributed by atoms with Gasteiger partial charge in [0.15, 0.2) is 0 Å². The zero-order chi connectivity index (χ0) is 22.7. The van der Waals surface area contributed by atoms with Gasteiger partial charge < -0.3 is 28.8 Å². The fourth-order valence-electron chi connectivity index (χ4n) is 2.12. The Balaban J connectivity index is 0.000000303. The zero-order valence-corrected chi connectivity index (χ0v) is 16.2. The van der Waals surface area contributed by atoms with Crippen LogP contribution in [0.3, 0.4) is 0 Å². The molecule has 0 saturated carbocycles. The molecule has 0 atom stereocenters. The van der Waals surface area contributed by atoms with Gasteiger partial charge in [0.1, 0.15) is 28.6 Å². The Labute approximate surface area is 169 Å². The third-order valence-corrected chi connectivity index (χ3v) is 3.46. The molecule has 0 spiro atoms. The highest BCUT2D eigenvalue weighted by atomic mass is 19.3. The van der Waals surface area contributed by atoms with Crippen molar-refractivity contribution in [1.82, 2.24) is 0 Å². The van der Waals surface area contributed by atoms with E-state index < -0.39 is 19.2 Å². The van der Waals surface area contributed by atoms with E-state index >= 15 is 0 Å². The Morgan fingerprint density at radius 1 is 0.867 bits per heavy atom. The minimum atomic E-state index is -3.00. The first-order valence-electron chi connectivity index (χ1n) is 8.19. The van der Waals surface area contributed by atoms with Gasteiger partial charge in [-0.2, -0.15) is 17.6 Å². The summed E-state index contributed by atoms with van der Waals surface area (Å²) in [5, 5.41) is 8.87. The van der Waals surface area contributed by atoms with Crippen LogP contribution in [0.15, 0.2) is 36.4 Å². The third-order valence-electron chi connectivity index (χ3n) is 3.46. The van der Waals surface area contributed by atoms with Crippen LogP contribution in [-0.4, -0.2) is 45.6 Å². The number of methoxy groups -OCH3 is 3. The normalized spacial score (nSPS) is 10.2. The van der Waals surface area contributed by atoms with E-state index in [1.165, 1.54) is 50.6 Å². The Kier molecular flexibility index (Phi) is 10.2. The number of hydrogen-bond acceptors (Lipinski definition) is 7. The fraction of sp³-hybridized carbons (Fsp3) is 0.316. The van der Waals surface area contributed by atoms with Gasteiger partial charge in [-0.3, -0.25) is 0 Å². The lowest BCUT2D eigenvalue weighted by Gasteiger charge is -2.10. The Morgan fingerprint density at radius 3 is 1.83 bits per heavy atom. The van der Waals surface area contributed by atoms with E-state index in [0.717, 1.165) is 7.11 Å². The molecule has 1 N–H and O–H groups in total. The van der Waals surface area contributed by atoms with Gasteiger partial charge in [-0.15, -0.1) is 0 Å². The fourth-order valence-corrected chi connectivity index (χ4v) is 2.12. The highest BCUT2D eigenvalue weighted by Crippen LogP contribution is 2.26. The number of aliphatic hydroxyl groups is 1. The molecule has 0 aliphatic rings. The molecule has 0 radical (unpaired) electrons. The van der Waals surface area contributed by atoms with Crippen LogP contribution in [0, 0.1) is 0 Å². The molecule has 0 saturated heterocycles. The van der Waals surface area contributed by atoms with Crippen molar-refractivity contribution >= 4 is 5.97 Å². The topological polar surface area (TPSA) is 83.5 Å². The van der Waals surface area contributed by atoms with Crippen LogP contribution in [0.5, 0.6) is 23.0 Å². The SMILES string of the molecule is COC(=O)c1cc(OC)ccc1OC(F)F.COc1ccc(OC(F)F)c(CO)c1. The van der Waals surface area contributed by atoms with Crippen molar-refractivity contribution in [1.29, 1.82) is 0 Å². The molecule has 0 aliphatic heterocycles. The van der Waals surface area contributed by atoms with Gasteiger partial charge in [-0.1, -0.05) is 0 Å². The first kappa shape index (κ1) is 24.8. The van der Waals surface area contributed by atoms with Crippen LogP contribution in [0.2, 0.25) is 0 Å². The van der Waals surface area contributed by atoms with Crippen LogP contribution in [-0.2, 0) is 11.3 Å². The third kappa shape index (κ3) is 7.66. The summed E-state index contributed by atoms with van der Waals surface area (Å²) in [5.74, 6) is -0.224. The van der Waals surface area contributed by atoms with Crippen LogP contribution >= 0.6 is 0 Å². The van der Waals surface area contributed by atoms with Gasteiger partial charge in [-0.25, -0.2) is 4.79 Å². The van der Waals surface area contributed by atoms with Crippen LogP contribution in [0.4, 0.5) is 17.6 Å². The molecule has 30 heavy (non-hydrogen) atoms. The first-order valence-corrected chi connectivity index (χ1v) is 8.19. The number of rotatable bonds is 8. The number of carbonyl (C=O) groups is 1. The summed E-state index contributed by atoms with van der Waals surface area (Å²) in [7, 11) is 3.99. The summed E-state index contributed by atoms with van der Waals surface area (Å²) in [6.07, 6.45) is 0. The van der Waals surface area contributed by atoms with E-state index in [0.29, 0.717) is 11.5 Å². The molecule has 2 rings (SSSR count). The predicted molar refractivity (Wildman–Crippen MR) is 96.5 cm³/mol. The van der Waals surface area contributed by atoms with Gasteiger partial charge >= 0.3 is 19.2 Å². The molecule has 166 valence electrons. The smallest absolute Gasteiger partial charge is 0.387 e. The quantitative estimate of drug-likeness (QED) is 0.497. The van der Waals surface area contributed by atoms with Gasteiger partial charge in [0.2, 0.25) is 0 Å². The molecular formula is C19H20F4O7. The maximum absolute atomic E-state index is 12.0. The van der Waals surface area contributed by atoms with Crippen molar-refractivity contribution < 1.29 is 51.1 Å². The molecule has 11 heteroatoms. The summed E-state index contributed by atoms with van der Waals surface area (Å²) >= 11 is 0. The van der Waals surface area contributed by atoms with E-state index in [1.54, 1.807) is 0 Å². The maximum Gasteiger partial charge on any atom is 0.387 e. The number of alkyl halides is 4. The van der Waals surface area contributed by atoms with Crippen molar-refractivity contribution in [3.63, 3.8) is 0 Å². The largest absolute Gasteiger partial charge is 0.497 e. The molecule has 0 amide bonds. The Bertz CT molecular complexity index is 815.